The Morgan fingerprint density at radius 3 is 1.47 bits per heavy atom. The van der Waals surface area contributed by atoms with E-state index < -0.39 is 35.9 Å². The molecule has 3 amide bonds. The molecule has 318 valence electrons. The Morgan fingerprint density at radius 2 is 0.945 bits per heavy atom. The molecule has 0 rings (SSSR count). The second kappa shape index (κ2) is 37.1. The Kier molecular flexibility index (Phi) is 34.5. The highest BCUT2D eigenvalue weighted by Crippen LogP contribution is 2.12. The van der Waals surface area contributed by atoms with E-state index in [2.05, 4.69) is 33.2 Å². The molecule has 0 heterocycles. The lowest BCUT2D eigenvalue weighted by Crippen LogP contribution is -2.42. The second-order valence-corrected chi connectivity index (χ2v) is 13.0. The van der Waals surface area contributed by atoms with Gasteiger partial charge in [0.15, 0.2) is 0 Å². The largest absolute Gasteiger partial charge is 0.481 e. The maximum Gasteiger partial charge on any atom is 0.327 e. The van der Waals surface area contributed by atoms with Crippen molar-refractivity contribution in [3.05, 3.63) is 0 Å². The highest BCUT2D eigenvalue weighted by Gasteiger charge is 2.21. The molecule has 7 N–H and O–H groups in total. The molecule has 55 heavy (non-hydrogen) atoms. The van der Waals surface area contributed by atoms with Crippen LogP contribution in [-0.4, -0.2) is 136 Å². The van der Waals surface area contributed by atoms with E-state index in [-0.39, 0.29) is 57.3 Å². The molecule has 0 saturated heterocycles. The molecule has 0 bridgehead atoms. The number of carbonyl (C=O) groups excluding carboxylic acids is 3. The van der Waals surface area contributed by atoms with Crippen LogP contribution >= 0.6 is 0 Å². The Morgan fingerprint density at radius 1 is 0.473 bits per heavy atom. The number of ether oxygens (including phenoxy) is 4. The first-order valence-electron chi connectivity index (χ1n) is 19.6. The number of amides is 3. The molecule has 0 radical (unpaired) electrons. The Bertz CT molecular complexity index is 1070. The number of carbonyl (C=O) groups is 6. The van der Waals surface area contributed by atoms with Crippen LogP contribution in [0.2, 0.25) is 0 Å². The average Bonchev–Trinajstić information content (AvgIpc) is 3.14. The van der Waals surface area contributed by atoms with E-state index in [0.29, 0.717) is 71.8 Å². The number of carboxylic acid groups (broad SMARTS) is 3. The predicted molar refractivity (Wildman–Crippen MR) is 204 cm³/mol. The van der Waals surface area contributed by atoms with E-state index >= 15 is 0 Å². The van der Waals surface area contributed by atoms with E-state index in [1.165, 1.54) is 19.3 Å². The Balaban J connectivity index is 3.59. The summed E-state index contributed by atoms with van der Waals surface area (Å²) in [6, 6.07) is -2.08. The zero-order valence-electron chi connectivity index (χ0n) is 32.5. The quantitative estimate of drug-likeness (QED) is 0.0267. The summed E-state index contributed by atoms with van der Waals surface area (Å²) in [5, 5.41) is 38.4. The number of unbranched alkanes of at least 4 members (excludes halogenated alkanes) is 10. The fourth-order valence-electron chi connectivity index (χ4n) is 5.20. The molecule has 0 aromatic heterocycles. The molecule has 0 aliphatic rings. The molecule has 0 aliphatic carbocycles. The lowest BCUT2D eigenvalue weighted by Gasteiger charge is -2.15. The summed E-state index contributed by atoms with van der Waals surface area (Å²) in [6.45, 7) is 6.44. The van der Waals surface area contributed by atoms with Crippen molar-refractivity contribution in [3.63, 3.8) is 0 Å². The number of hydrogen-bond acceptors (Lipinski definition) is 12. The van der Waals surface area contributed by atoms with Gasteiger partial charge >= 0.3 is 17.9 Å². The Hall–Kier alpha value is -3.87. The minimum atomic E-state index is -1.25. The lowest BCUT2D eigenvalue weighted by molar-refractivity contribution is -0.142. The molecular formula is C37H67N5O13. The molecule has 0 aliphatic heterocycles. The Labute approximate surface area is 325 Å². The minimum Gasteiger partial charge on any atom is -0.481 e. The average molecular weight is 790 g/mol. The number of carboxylic acids is 3. The SMILES string of the molecule is C=NN[C@@H](CCCCNC(=O)CC[C@H](NC(=O)CCOCCOCCOCCOCCNC(=O)CCCCCCCCCCCCC(=O)O)C(=O)O)C(=O)O. The van der Waals surface area contributed by atoms with Crippen LogP contribution in [0.15, 0.2) is 5.10 Å². The monoisotopic (exact) mass is 789 g/mol. The van der Waals surface area contributed by atoms with Gasteiger partial charge in [0.25, 0.3) is 0 Å². The smallest absolute Gasteiger partial charge is 0.327 e. The molecule has 18 nitrogen and oxygen atoms in total. The van der Waals surface area contributed by atoms with Crippen molar-refractivity contribution in [3.8, 4) is 0 Å². The molecule has 0 fully saturated rings. The zero-order valence-corrected chi connectivity index (χ0v) is 32.5. The number of nitrogens with zero attached hydrogens (tertiary/aromatic N) is 1. The third-order valence-corrected chi connectivity index (χ3v) is 8.28. The number of hydrazone groups is 1. The number of hydrogen-bond donors (Lipinski definition) is 7. The van der Waals surface area contributed by atoms with Crippen LogP contribution < -0.4 is 21.4 Å². The number of aliphatic carboxylic acids is 3. The first-order chi connectivity index (χ1) is 26.6. The van der Waals surface area contributed by atoms with Gasteiger partial charge in [0.1, 0.15) is 12.1 Å². The molecule has 0 spiro atoms. The van der Waals surface area contributed by atoms with Gasteiger partial charge in [0, 0.05) is 45.5 Å². The van der Waals surface area contributed by atoms with E-state index in [1.807, 2.05) is 0 Å². The van der Waals surface area contributed by atoms with Crippen LogP contribution in [0.3, 0.4) is 0 Å². The minimum absolute atomic E-state index is 0.0309. The molecule has 0 aromatic carbocycles. The molecule has 0 aromatic rings. The van der Waals surface area contributed by atoms with Crippen molar-refractivity contribution in [1.29, 1.82) is 0 Å². The zero-order chi connectivity index (χ0) is 40.8. The van der Waals surface area contributed by atoms with Gasteiger partial charge in [-0.25, -0.2) is 9.59 Å². The third kappa shape index (κ3) is 35.6. The third-order valence-electron chi connectivity index (χ3n) is 8.28. The summed E-state index contributed by atoms with van der Waals surface area (Å²) >= 11 is 0. The van der Waals surface area contributed by atoms with Crippen molar-refractivity contribution in [1.82, 2.24) is 21.4 Å². The van der Waals surface area contributed by atoms with Crippen LogP contribution in [0, 0.1) is 0 Å². The van der Waals surface area contributed by atoms with Crippen LogP contribution in [0.25, 0.3) is 0 Å². The van der Waals surface area contributed by atoms with Crippen molar-refractivity contribution >= 4 is 42.3 Å². The van der Waals surface area contributed by atoms with Crippen molar-refractivity contribution in [2.45, 2.75) is 128 Å². The van der Waals surface area contributed by atoms with Gasteiger partial charge in [-0.05, 0) is 38.5 Å². The second-order valence-electron chi connectivity index (χ2n) is 13.0. The van der Waals surface area contributed by atoms with Crippen molar-refractivity contribution in [2.75, 3.05) is 65.9 Å². The first-order valence-corrected chi connectivity index (χ1v) is 19.6. The molecular weight excluding hydrogens is 722 g/mol. The highest BCUT2D eigenvalue weighted by atomic mass is 16.6. The maximum absolute atomic E-state index is 12.2. The van der Waals surface area contributed by atoms with E-state index in [0.717, 1.165) is 44.9 Å². The van der Waals surface area contributed by atoms with Gasteiger partial charge in [-0.3, -0.25) is 24.6 Å². The van der Waals surface area contributed by atoms with Crippen molar-refractivity contribution in [2.24, 2.45) is 5.10 Å². The van der Waals surface area contributed by atoms with Crippen molar-refractivity contribution < 1.29 is 63.0 Å². The maximum atomic E-state index is 12.2. The van der Waals surface area contributed by atoms with E-state index in [4.69, 9.17) is 29.2 Å². The van der Waals surface area contributed by atoms with Crippen LogP contribution in [-0.2, 0) is 47.7 Å². The van der Waals surface area contributed by atoms with E-state index in [1.54, 1.807) is 0 Å². The molecule has 0 saturated carbocycles. The predicted octanol–water partition coefficient (Wildman–Crippen LogP) is 2.62. The normalized spacial score (nSPS) is 12.0. The number of rotatable bonds is 41. The summed E-state index contributed by atoms with van der Waals surface area (Å²) < 4.78 is 21.7. The summed E-state index contributed by atoms with van der Waals surface area (Å²) in [5.74, 6) is -3.88. The van der Waals surface area contributed by atoms with Gasteiger partial charge in [-0.15, -0.1) is 0 Å². The number of nitrogens with one attached hydrogen (secondary N) is 4. The summed E-state index contributed by atoms with van der Waals surface area (Å²) in [4.78, 5) is 69.3. The topological polar surface area (TPSA) is 261 Å². The summed E-state index contributed by atoms with van der Waals surface area (Å²) in [6.07, 6.45) is 12.5. The fraction of sp³-hybridized carbons (Fsp3) is 0.811. The van der Waals surface area contributed by atoms with E-state index in [9.17, 15) is 33.9 Å². The van der Waals surface area contributed by atoms with Crippen LogP contribution in [0.5, 0.6) is 0 Å². The fourth-order valence-corrected chi connectivity index (χ4v) is 5.20. The lowest BCUT2D eigenvalue weighted by atomic mass is 10.1. The highest BCUT2D eigenvalue weighted by molar-refractivity contribution is 5.84. The standard InChI is InChI=1S/C37H67N5O13/c1-38-42-31(37(50)51)14-12-13-20-39-33(44)18-17-30(36(48)49)41-34(45)19-22-52-24-26-54-28-29-55-27-25-53-23-21-40-32(43)15-10-8-6-4-2-3-5-7-9-11-16-35(46)47/h30-31,42H,1-29H2,(H,39,44)(H,40,43)(H,41,45)(H,46,47)(H,48,49)(H,50,51)/t30-,31-/m0/s1. The molecule has 0 unspecified atom stereocenters. The van der Waals surface area contributed by atoms with Gasteiger partial charge < -0.3 is 50.2 Å². The summed E-state index contributed by atoms with van der Waals surface area (Å²) in [5.41, 5.74) is 2.39. The molecule has 18 heteroatoms. The van der Waals surface area contributed by atoms with Gasteiger partial charge in [0.2, 0.25) is 17.7 Å². The van der Waals surface area contributed by atoms with Crippen LogP contribution in [0.1, 0.15) is 116 Å². The molecule has 2 atom stereocenters. The first kappa shape index (κ1) is 51.1. The van der Waals surface area contributed by atoms with Gasteiger partial charge in [-0.1, -0.05) is 51.4 Å². The van der Waals surface area contributed by atoms with Gasteiger partial charge in [0.05, 0.1) is 52.9 Å². The summed E-state index contributed by atoms with van der Waals surface area (Å²) in [7, 11) is 0. The van der Waals surface area contributed by atoms with Gasteiger partial charge in [-0.2, -0.15) is 5.10 Å². The van der Waals surface area contributed by atoms with Crippen LogP contribution in [0.4, 0.5) is 0 Å².